The Labute approximate surface area is 96.6 Å². The molecule has 0 atom stereocenters. The Morgan fingerprint density at radius 2 is 2.00 bits per heavy atom. The number of fused-ring (bicyclic) bond motifs is 1. The smallest absolute Gasteiger partial charge is 0.289 e. The summed E-state index contributed by atoms with van der Waals surface area (Å²) in [6.45, 7) is 0. The van der Waals surface area contributed by atoms with E-state index in [4.69, 9.17) is 15.2 Å². The van der Waals surface area contributed by atoms with Crippen molar-refractivity contribution in [1.82, 2.24) is 4.98 Å². The molecule has 3 N–H and O–H groups in total. The Hall–Kier alpha value is -2.44. The Balaban J connectivity index is 2.94. The summed E-state index contributed by atoms with van der Waals surface area (Å²) in [6.07, 6.45) is 2.21. The lowest BCUT2D eigenvalue weighted by atomic mass is 10.1. The van der Waals surface area contributed by atoms with Crippen LogP contribution in [0.5, 0.6) is 17.2 Å². The van der Waals surface area contributed by atoms with E-state index in [1.54, 1.807) is 0 Å². The molecule has 1 aromatic heterocycles. The van der Waals surface area contributed by atoms with Gasteiger partial charge in [-0.05, 0) is 4.98 Å². The molecular weight excluding hydrogens is 226 g/mol. The lowest BCUT2D eigenvalue weighted by Crippen LogP contribution is -2.25. The van der Waals surface area contributed by atoms with Crippen molar-refractivity contribution in [2.75, 3.05) is 20.0 Å². The van der Waals surface area contributed by atoms with E-state index in [0.717, 1.165) is 12.5 Å². The van der Waals surface area contributed by atoms with Gasteiger partial charge in [0.15, 0.2) is 11.5 Å². The first-order valence-corrected chi connectivity index (χ1v) is 4.71. The van der Waals surface area contributed by atoms with Crippen molar-refractivity contribution in [3.8, 4) is 17.2 Å². The van der Waals surface area contributed by atoms with Crippen molar-refractivity contribution in [1.29, 1.82) is 0 Å². The number of aromatic hydroxyl groups is 1. The van der Waals surface area contributed by atoms with Crippen molar-refractivity contribution in [3.63, 3.8) is 0 Å². The van der Waals surface area contributed by atoms with Crippen LogP contribution in [0.4, 0.5) is 5.69 Å². The number of nitrogens with zero attached hydrogens (tertiary/aromatic N) is 2. The summed E-state index contributed by atoms with van der Waals surface area (Å²) in [5, 5.41) is 21.3. The van der Waals surface area contributed by atoms with Crippen LogP contribution in [-0.2, 0) is 0 Å². The standard InChI is InChI=1S/C10H11N3O4/c1-16-9-6(11)7-5(3-13(15)4-12-7)8(14)10(9)17-2/h3-4,14H,11H2,1-2H3. The second-order valence-electron chi connectivity index (χ2n) is 3.32. The maximum absolute atomic E-state index is 11.1. The number of phenolic OH excluding ortho intramolecular Hbond substituents is 1. The molecule has 0 fully saturated rings. The van der Waals surface area contributed by atoms with Crippen molar-refractivity contribution < 1.29 is 19.3 Å². The van der Waals surface area contributed by atoms with Crippen LogP contribution in [-0.4, -0.2) is 24.3 Å². The van der Waals surface area contributed by atoms with E-state index in [-0.39, 0.29) is 33.8 Å². The van der Waals surface area contributed by atoms with Crippen LogP contribution in [0.1, 0.15) is 0 Å². The number of nitrogens with two attached hydrogens (primary N) is 1. The third-order valence-corrected chi connectivity index (χ3v) is 2.40. The predicted octanol–water partition coefficient (Wildman–Crippen LogP) is 0.173. The number of benzene rings is 1. The average Bonchev–Trinajstić information content (AvgIpc) is 2.33. The quantitative estimate of drug-likeness (QED) is 0.334. The van der Waals surface area contributed by atoms with Gasteiger partial charge in [-0.2, -0.15) is 0 Å². The molecule has 0 amide bonds. The van der Waals surface area contributed by atoms with Crippen LogP contribution in [0.3, 0.4) is 0 Å². The fourth-order valence-electron chi connectivity index (χ4n) is 1.65. The van der Waals surface area contributed by atoms with Crippen LogP contribution < -0.4 is 19.9 Å². The van der Waals surface area contributed by atoms with Crippen LogP contribution in [0.15, 0.2) is 12.5 Å². The fraction of sp³-hybridized carbons (Fsp3) is 0.200. The third kappa shape index (κ3) is 1.52. The lowest BCUT2D eigenvalue weighted by molar-refractivity contribution is -0.607. The second kappa shape index (κ2) is 3.85. The van der Waals surface area contributed by atoms with Crippen LogP contribution in [0, 0.1) is 5.21 Å². The van der Waals surface area contributed by atoms with Crippen LogP contribution in [0.2, 0.25) is 0 Å². The molecule has 1 aromatic carbocycles. The highest BCUT2D eigenvalue weighted by molar-refractivity contribution is 5.99. The van der Waals surface area contributed by atoms with Crippen molar-refractivity contribution in [3.05, 3.63) is 17.7 Å². The third-order valence-electron chi connectivity index (χ3n) is 2.40. The van der Waals surface area contributed by atoms with E-state index < -0.39 is 0 Å². The molecule has 0 saturated carbocycles. The monoisotopic (exact) mass is 237 g/mol. The van der Waals surface area contributed by atoms with Crippen LogP contribution >= 0.6 is 0 Å². The van der Waals surface area contributed by atoms with Crippen molar-refractivity contribution >= 4 is 16.6 Å². The van der Waals surface area contributed by atoms with Gasteiger partial charge in [-0.3, -0.25) is 0 Å². The number of rotatable bonds is 2. The molecule has 90 valence electrons. The molecular formula is C10H11N3O4. The number of phenols is 1. The van der Waals surface area contributed by atoms with E-state index in [1.165, 1.54) is 14.2 Å². The number of nitrogen functional groups attached to an aromatic ring is 1. The van der Waals surface area contributed by atoms with E-state index in [0.29, 0.717) is 4.73 Å². The first kappa shape index (κ1) is 11.1. The number of hydrogen-bond acceptors (Lipinski definition) is 6. The van der Waals surface area contributed by atoms with E-state index in [1.807, 2.05) is 0 Å². The molecule has 0 bridgehead atoms. The molecule has 1 heterocycles. The zero-order chi connectivity index (χ0) is 12.6. The Bertz CT molecular complexity index is 586. The van der Waals surface area contributed by atoms with Gasteiger partial charge in [0.1, 0.15) is 17.3 Å². The summed E-state index contributed by atoms with van der Waals surface area (Å²) in [4.78, 5) is 3.86. The lowest BCUT2D eigenvalue weighted by Gasteiger charge is -2.13. The van der Waals surface area contributed by atoms with E-state index in [9.17, 15) is 10.3 Å². The molecule has 2 rings (SSSR count). The molecule has 0 aliphatic heterocycles. The minimum absolute atomic E-state index is 0.0745. The molecule has 0 radical (unpaired) electrons. The largest absolute Gasteiger partial charge is 0.711 e. The predicted molar refractivity (Wildman–Crippen MR) is 59.9 cm³/mol. The highest BCUT2D eigenvalue weighted by Crippen LogP contribution is 2.46. The number of methoxy groups -OCH3 is 2. The molecule has 17 heavy (non-hydrogen) atoms. The molecule has 0 spiro atoms. The summed E-state index contributed by atoms with van der Waals surface area (Å²) >= 11 is 0. The topological polar surface area (TPSA) is 105 Å². The molecule has 0 aliphatic rings. The van der Waals surface area contributed by atoms with Gasteiger partial charge in [0.25, 0.3) is 6.33 Å². The Morgan fingerprint density at radius 1 is 1.35 bits per heavy atom. The van der Waals surface area contributed by atoms with Gasteiger partial charge >= 0.3 is 0 Å². The van der Waals surface area contributed by atoms with Crippen molar-refractivity contribution in [2.24, 2.45) is 0 Å². The zero-order valence-corrected chi connectivity index (χ0v) is 9.30. The molecule has 0 unspecified atom stereocenters. The van der Waals surface area contributed by atoms with Gasteiger partial charge in [0.05, 0.1) is 14.2 Å². The van der Waals surface area contributed by atoms with Gasteiger partial charge in [0.2, 0.25) is 11.3 Å². The van der Waals surface area contributed by atoms with Gasteiger partial charge < -0.3 is 25.5 Å². The van der Waals surface area contributed by atoms with Gasteiger partial charge in [-0.25, -0.2) is 4.73 Å². The minimum atomic E-state index is -0.230. The molecule has 2 aromatic rings. The zero-order valence-electron chi connectivity index (χ0n) is 9.30. The normalized spacial score (nSPS) is 10.5. The van der Waals surface area contributed by atoms with E-state index in [2.05, 4.69) is 4.98 Å². The summed E-state index contributed by atoms with van der Waals surface area (Å²) < 4.78 is 10.5. The van der Waals surface area contributed by atoms with Crippen molar-refractivity contribution in [2.45, 2.75) is 0 Å². The Kier molecular flexibility index (Phi) is 2.51. The second-order valence-corrected chi connectivity index (χ2v) is 3.32. The fourth-order valence-corrected chi connectivity index (χ4v) is 1.65. The summed E-state index contributed by atoms with van der Waals surface area (Å²) in [5.41, 5.74) is 6.33. The number of hydrogen-bond donors (Lipinski definition) is 2. The van der Waals surface area contributed by atoms with Gasteiger partial charge in [0, 0.05) is 0 Å². The number of ether oxygens (including phenoxy) is 2. The average molecular weight is 237 g/mol. The maximum atomic E-state index is 11.1. The SMILES string of the molecule is COc1c(OC)c(N)c2nc[n+]([O-])cc2c1O. The summed E-state index contributed by atoms with van der Waals surface area (Å²) in [7, 11) is 2.76. The highest BCUT2D eigenvalue weighted by atomic mass is 16.5. The Morgan fingerprint density at radius 3 is 2.59 bits per heavy atom. The summed E-state index contributed by atoms with van der Waals surface area (Å²) in [5.74, 6) is 0.0328. The van der Waals surface area contributed by atoms with Gasteiger partial charge in [-0.1, -0.05) is 0 Å². The maximum Gasteiger partial charge on any atom is 0.289 e. The number of anilines is 1. The number of aromatic nitrogens is 2. The summed E-state index contributed by atoms with van der Waals surface area (Å²) in [6, 6.07) is 0. The van der Waals surface area contributed by atoms with Crippen LogP contribution in [0.25, 0.3) is 10.9 Å². The first-order valence-electron chi connectivity index (χ1n) is 4.71. The highest BCUT2D eigenvalue weighted by Gasteiger charge is 2.23. The molecule has 7 nitrogen and oxygen atoms in total. The minimum Gasteiger partial charge on any atom is -0.711 e. The first-order chi connectivity index (χ1) is 8.10. The van der Waals surface area contributed by atoms with Gasteiger partial charge in [-0.15, -0.1) is 0 Å². The molecule has 0 aliphatic carbocycles. The van der Waals surface area contributed by atoms with E-state index >= 15 is 0 Å². The molecule has 0 saturated heterocycles. The molecule has 7 heteroatoms.